The summed E-state index contributed by atoms with van der Waals surface area (Å²) >= 11 is 0. The van der Waals surface area contributed by atoms with Crippen molar-refractivity contribution < 1.29 is 0 Å². The van der Waals surface area contributed by atoms with E-state index in [0.29, 0.717) is 0 Å². The predicted octanol–water partition coefficient (Wildman–Crippen LogP) is 13.7. The van der Waals surface area contributed by atoms with Crippen molar-refractivity contribution in [3.05, 3.63) is 187 Å². The van der Waals surface area contributed by atoms with Crippen LogP contribution in [0.2, 0.25) is 0 Å². The fourth-order valence-corrected chi connectivity index (χ4v) is 7.51. The van der Waals surface area contributed by atoms with Crippen LogP contribution in [0, 0.1) is 6.92 Å². The fourth-order valence-electron chi connectivity index (χ4n) is 7.51. The van der Waals surface area contributed by atoms with Gasteiger partial charge in [0.2, 0.25) is 0 Å². The second-order valence-electron chi connectivity index (χ2n) is 13.2. The Kier molecular flexibility index (Phi) is 7.33. The van der Waals surface area contributed by atoms with Crippen LogP contribution in [0.1, 0.15) is 18.1 Å². The predicted molar refractivity (Wildman–Crippen MR) is 216 cm³/mol. The Balaban J connectivity index is 1.26. The molecule has 0 aliphatic rings. The first kappa shape index (κ1) is 29.8. The molecule has 0 unspecified atom stereocenters. The number of aliphatic imine (C=N–C) groups is 1. The van der Waals surface area contributed by atoms with Crippen LogP contribution in [0.3, 0.4) is 0 Å². The Morgan fingerprint density at radius 2 is 0.860 bits per heavy atom. The summed E-state index contributed by atoms with van der Waals surface area (Å²) in [5.41, 5.74) is 11.7. The van der Waals surface area contributed by atoms with Gasteiger partial charge in [-0.3, -0.25) is 4.99 Å². The lowest BCUT2D eigenvalue weighted by Crippen LogP contribution is -1.94. The molecule has 0 saturated carbocycles. The first-order valence-electron chi connectivity index (χ1n) is 17.3. The minimum atomic E-state index is 1.01. The van der Waals surface area contributed by atoms with Crippen molar-refractivity contribution in [1.82, 2.24) is 0 Å². The second kappa shape index (κ2) is 12.3. The summed E-state index contributed by atoms with van der Waals surface area (Å²) in [5, 5.41) is 10.0. The van der Waals surface area contributed by atoms with Crippen LogP contribution in [0.25, 0.3) is 76.5 Å². The molecule has 0 heterocycles. The third kappa shape index (κ3) is 5.25. The Morgan fingerprint density at radius 3 is 1.48 bits per heavy atom. The molecule has 50 heavy (non-hydrogen) atoms. The first-order valence-corrected chi connectivity index (χ1v) is 17.3. The van der Waals surface area contributed by atoms with Crippen LogP contribution in [0.5, 0.6) is 0 Å². The van der Waals surface area contributed by atoms with Crippen molar-refractivity contribution in [3.8, 4) is 33.4 Å². The average molecular weight is 638 g/mol. The molecule has 0 fully saturated rings. The van der Waals surface area contributed by atoms with Gasteiger partial charge in [0.15, 0.2) is 0 Å². The zero-order valence-electron chi connectivity index (χ0n) is 28.2. The summed E-state index contributed by atoms with van der Waals surface area (Å²) in [6.07, 6.45) is 0. The van der Waals surface area contributed by atoms with E-state index in [1.807, 2.05) is 6.07 Å². The lowest BCUT2D eigenvalue weighted by Gasteiger charge is -2.19. The topological polar surface area (TPSA) is 12.4 Å². The fraction of sp³-hybridized carbons (Fsp3) is 0.0408. The van der Waals surface area contributed by atoms with Gasteiger partial charge >= 0.3 is 0 Å². The van der Waals surface area contributed by atoms with E-state index in [4.69, 9.17) is 4.99 Å². The van der Waals surface area contributed by atoms with E-state index >= 15 is 0 Å². The molecule has 0 amide bonds. The highest BCUT2D eigenvalue weighted by atomic mass is 14.7. The minimum absolute atomic E-state index is 1.01. The quantitative estimate of drug-likeness (QED) is 0.132. The molecule has 0 radical (unpaired) electrons. The first-order chi connectivity index (χ1) is 24.6. The van der Waals surface area contributed by atoms with Crippen LogP contribution in [-0.2, 0) is 0 Å². The van der Waals surface area contributed by atoms with Gasteiger partial charge in [-0.25, -0.2) is 0 Å². The molecular weight excluding hydrogens is 603 g/mol. The largest absolute Gasteiger partial charge is 0.253 e. The minimum Gasteiger partial charge on any atom is -0.253 e. The normalized spacial score (nSPS) is 11.9. The molecule has 0 bridgehead atoms. The van der Waals surface area contributed by atoms with Gasteiger partial charge in [-0.2, -0.15) is 0 Å². The number of hydrogen-bond donors (Lipinski definition) is 0. The van der Waals surface area contributed by atoms with Crippen molar-refractivity contribution in [2.75, 3.05) is 0 Å². The van der Waals surface area contributed by atoms with Gasteiger partial charge in [-0.15, -0.1) is 0 Å². The third-order valence-electron chi connectivity index (χ3n) is 10.1. The summed E-state index contributed by atoms with van der Waals surface area (Å²) in [6.45, 7) is 4.20. The summed E-state index contributed by atoms with van der Waals surface area (Å²) in [5.74, 6) is 0. The van der Waals surface area contributed by atoms with Crippen LogP contribution in [0.15, 0.2) is 181 Å². The number of benzene rings is 9. The average Bonchev–Trinajstić information content (AvgIpc) is 3.17. The molecule has 236 valence electrons. The molecule has 0 spiro atoms. The smallest absolute Gasteiger partial charge is 0.0662 e. The zero-order chi connectivity index (χ0) is 33.6. The van der Waals surface area contributed by atoms with Gasteiger partial charge in [0.1, 0.15) is 0 Å². The van der Waals surface area contributed by atoms with E-state index in [9.17, 15) is 0 Å². The number of fused-ring (bicyclic) bond motifs is 4. The van der Waals surface area contributed by atoms with E-state index in [1.54, 1.807) is 0 Å². The number of para-hydroxylation sites is 1. The highest BCUT2D eigenvalue weighted by molar-refractivity contribution is 6.22. The molecule has 0 aliphatic carbocycles. The zero-order valence-corrected chi connectivity index (χ0v) is 28.2. The number of aryl methyl sites for hydroxylation is 1. The van der Waals surface area contributed by atoms with Gasteiger partial charge in [-0.1, -0.05) is 152 Å². The molecule has 9 rings (SSSR count). The summed E-state index contributed by atoms with van der Waals surface area (Å²) in [6, 6.07) is 64.1. The van der Waals surface area contributed by atoms with E-state index in [0.717, 1.165) is 17.0 Å². The lowest BCUT2D eigenvalue weighted by molar-refractivity contribution is 1.38. The third-order valence-corrected chi connectivity index (χ3v) is 10.1. The lowest BCUT2D eigenvalue weighted by atomic mass is 9.84. The number of hydrogen-bond acceptors (Lipinski definition) is 1. The van der Waals surface area contributed by atoms with Gasteiger partial charge in [0.05, 0.1) is 5.69 Å². The summed E-state index contributed by atoms with van der Waals surface area (Å²) in [7, 11) is 0. The Morgan fingerprint density at radius 1 is 0.380 bits per heavy atom. The maximum absolute atomic E-state index is 4.94. The molecule has 0 atom stereocenters. The molecule has 0 aromatic heterocycles. The Labute approximate surface area is 292 Å². The molecule has 1 heteroatoms. The molecule has 1 nitrogen and oxygen atoms in total. The van der Waals surface area contributed by atoms with Crippen molar-refractivity contribution in [2.45, 2.75) is 13.8 Å². The highest BCUT2D eigenvalue weighted by Crippen LogP contribution is 2.45. The molecular formula is C49H35N. The second-order valence-corrected chi connectivity index (χ2v) is 13.2. The van der Waals surface area contributed by atoms with Gasteiger partial charge in [-0.05, 0) is 126 Å². The van der Waals surface area contributed by atoms with Crippen LogP contribution in [0.4, 0.5) is 5.69 Å². The van der Waals surface area contributed by atoms with Crippen molar-refractivity contribution in [2.24, 2.45) is 4.99 Å². The maximum atomic E-state index is 4.94. The van der Waals surface area contributed by atoms with Gasteiger partial charge in [0, 0.05) is 5.71 Å². The molecule has 9 aromatic carbocycles. The number of nitrogens with zero attached hydrogens (tertiary/aromatic N) is 1. The summed E-state index contributed by atoms with van der Waals surface area (Å²) in [4.78, 5) is 4.94. The molecule has 0 aliphatic heterocycles. The van der Waals surface area contributed by atoms with Crippen molar-refractivity contribution >= 4 is 54.5 Å². The summed E-state index contributed by atoms with van der Waals surface area (Å²) < 4.78 is 0. The van der Waals surface area contributed by atoms with Crippen LogP contribution < -0.4 is 0 Å². The monoisotopic (exact) mass is 637 g/mol. The molecule has 0 N–H and O–H groups in total. The Bertz CT molecular complexity index is 2770. The van der Waals surface area contributed by atoms with Gasteiger partial charge < -0.3 is 0 Å². The highest BCUT2D eigenvalue weighted by Gasteiger charge is 2.18. The van der Waals surface area contributed by atoms with Gasteiger partial charge in [0.25, 0.3) is 0 Å². The standard InChI is InChI=1S/C49H35N/c1-32-11-3-10-18-47(32)50-33(2)34-19-21-37(22-20-34)40-27-28-45-46(31-40)49(42-26-24-36-13-5-7-15-39(36)30-42)44-17-9-8-16-43(44)48(45)41-25-23-35-12-4-6-14-38(35)29-41/h3-31H,1-2H3/b50-33+. The molecule has 0 saturated heterocycles. The molecule has 9 aromatic rings. The Hall–Kier alpha value is -6.31. The maximum Gasteiger partial charge on any atom is 0.0662 e. The van der Waals surface area contributed by atoms with Crippen LogP contribution >= 0.6 is 0 Å². The van der Waals surface area contributed by atoms with Crippen LogP contribution in [-0.4, -0.2) is 5.71 Å². The van der Waals surface area contributed by atoms with E-state index in [-0.39, 0.29) is 0 Å². The van der Waals surface area contributed by atoms with E-state index in [2.05, 4.69) is 184 Å². The van der Waals surface area contributed by atoms with E-state index < -0.39 is 0 Å². The van der Waals surface area contributed by atoms with Crippen molar-refractivity contribution in [3.63, 3.8) is 0 Å². The number of rotatable bonds is 5. The van der Waals surface area contributed by atoms with Crippen molar-refractivity contribution in [1.29, 1.82) is 0 Å². The van der Waals surface area contributed by atoms with E-state index in [1.165, 1.54) is 82.0 Å². The SMILES string of the molecule is C/C(=N\c1ccccc1C)c1ccc(-c2ccc3c(-c4ccc5ccccc5c4)c4ccccc4c(-c4ccc5ccccc5c4)c3c2)cc1.